The molecule has 2 N–H and O–H groups in total. The molecule has 0 spiro atoms. The molecule has 3 aromatic carbocycles. The molecule has 0 fully saturated rings. The number of carbonyl (C=O) groups excluding carboxylic acids is 1. The summed E-state index contributed by atoms with van der Waals surface area (Å²) in [6.07, 6.45) is -4.66. The molecule has 5 nitrogen and oxygen atoms in total. The molecule has 0 bridgehead atoms. The van der Waals surface area contributed by atoms with Crippen molar-refractivity contribution < 1.29 is 22.7 Å². The highest BCUT2D eigenvalue weighted by Gasteiger charge is 2.33. The topological polar surface area (TPSA) is 74.2 Å². The number of hydrogen-bond donors (Lipinski definition) is 2. The van der Waals surface area contributed by atoms with Gasteiger partial charge >= 0.3 is 12.2 Å². The fourth-order valence-corrected chi connectivity index (χ4v) is 3.11. The number of benzene rings is 3. The van der Waals surface area contributed by atoms with E-state index in [2.05, 4.69) is 16.7 Å². The van der Waals surface area contributed by atoms with Crippen LogP contribution in [-0.4, -0.2) is 6.03 Å². The van der Waals surface area contributed by atoms with Crippen molar-refractivity contribution >= 4 is 40.6 Å². The average Bonchev–Trinajstić information content (AvgIpc) is 2.71. The predicted molar refractivity (Wildman–Crippen MR) is 117 cm³/mol. The Morgan fingerprint density at radius 2 is 1.59 bits per heavy atom. The van der Waals surface area contributed by atoms with Gasteiger partial charge in [-0.15, -0.1) is 0 Å². The van der Waals surface area contributed by atoms with E-state index in [1.165, 1.54) is 24.3 Å². The minimum atomic E-state index is -4.66. The number of nitrogens with one attached hydrogen (secondary N) is 2. The number of aryl methyl sites for hydroxylation is 1. The van der Waals surface area contributed by atoms with Crippen LogP contribution in [0, 0.1) is 18.3 Å². The van der Waals surface area contributed by atoms with Crippen LogP contribution in [0.3, 0.4) is 0 Å². The Morgan fingerprint density at radius 3 is 2.19 bits per heavy atom. The fourth-order valence-electron chi connectivity index (χ4n) is 2.73. The van der Waals surface area contributed by atoms with Crippen molar-refractivity contribution in [1.82, 2.24) is 0 Å². The third-order valence-corrected chi connectivity index (χ3v) is 4.91. The first-order valence-corrected chi connectivity index (χ1v) is 9.75. The lowest BCUT2D eigenvalue weighted by atomic mass is 10.1. The van der Waals surface area contributed by atoms with E-state index in [0.717, 1.165) is 17.7 Å². The Bertz CT molecular complexity index is 1220. The van der Waals surface area contributed by atoms with Crippen LogP contribution in [0.1, 0.15) is 16.7 Å². The van der Waals surface area contributed by atoms with E-state index in [9.17, 15) is 18.0 Å². The number of nitriles is 1. The molecule has 0 saturated carbocycles. The molecule has 0 saturated heterocycles. The molecule has 0 radical (unpaired) electrons. The summed E-state index contributed by atoms with van der Waals surface area (Å²) in [7, 11) is 0. The molecule has 0 unspecified atom stereocenters. The molecule has 0 aliphatic heterocycles. The summed E-state index contributed by atoms with van der Waals surface area (Å²) in [5.41, 5.74) is 0.370. The maximum atomic E-state index is 13.0. The van der Waals surface area contributed by atoms with Crippen LogP contribution in [0.15, 0.2) is 54.6 Å². The number of amides is 2. The minimum absolute atomic E-state index is 0.0854. The lowest BCUT2D eigenvalue weighted by Crippen LogP contribution is -2.20. The molecule has 0 atom stereocenters. The first kappa shape index (κ1) is 23.3. The first-order chi connectivity index (χ1) is 15.1. The quantitative estimate of drug-likeness (QED) is 0.403. The van der Waals surface area contributed by atoms with E-state index in [1.54, 1.807) is 25.1 Å². The number of nitrogens with zero attached hydrogens (tertiary/aromatic N) is 1. The van der Waals surface area contributed by atoms with Crippen LogP contribution in [0.4, 0.5) is 29.3 Å². The molecule has 3 aromatic rings. The summed E-state index contributed by atoms with van der Waals surface area (Å²) in [6.45, 7) is 1.76. The van der Waals surface area contributed by atoms with Crippen LogP contribution in [-0.2, 0) is 6.18 Å². The SMILES string of the molecule is Cc1cc(Oc2cc(NC(=O)Nc3ccc(Cl)c(C(F)(F)F)c3)ccc2Cl)ccc1C#N. The van der Waals surface area contributed by atoms with Gasteiger partial charge in [-0.25, -0.2) is 4.79 Å². The summed E-state index contributed by atoms with van der Waals surface area (Å²) in [4.78, 5) is 12.3. The number of anilines is 2. The van der Waals surface area contributed by atoms with Crippen LogP contribution in [0.2, 0.25) is 10.0 Å². The maximum Gasteiger partial charge on any atom is 0.417 e. The maximum absolute atomic E-state index is 13.0. The van der Waals surface area contributed by atoms with Crippen molar-refractivity contribution in [3.8, 4) is 17.6 Å². The molecular weight excluding hydrogens is 466 g/mol. The molecular formula is C22H14Cl2F3N3O2. The Kier molecular flexibility index (Phi) is 6.82. The van der Waals surface area contributed by atoms with Crippen molar-refractivity contribution in [2.24, 2.45) is 0 Å². The third kappa shape index (κ3) is 5.63. The number of halogens is 5. The number of urea groups is 1. The molecule has 10 heteroatoms. The van der Waals surface area contributed by atoms with E-state index in [0.29, 0.717) is 11.3 Å². The fraction of sp³-hybridized carbons (Fsp3) is 0.0909. The van der Waals surface area contributed by atoms with E-state index in [4.69, 9.17) is 33.2 Å². The Hall–Kier alpha value is -3.41. The van der Waals surface area contributed by atoms with Crippen molar-refractivity contribution in [1.29, 1.82) is 5.26 Å². The van der Waals surface area contributed by atoms with Gasteiger partial charge in [0.2, 0.25) is 0 Å². The van der Waals surface area contributed by atoms with Crippen LogP contribution in [0.25, 0.3) is 0 Å². The predicted octanol–water partition coefficient (Wildman–Crippen LogP) is 7.63. The second-order valence-corrected chi connectivity index (χ2v) is 7.42. The van der Waals surface area contributed by atoms with E-state index in [1.807, 2.05) is 0 Å². The lowest BCUT2D eigenvalue weighted by molar-refractivity contribution is -0.137. The zero-order valence-electron chi connectivity index (χ0n) is 16.3. The van der Waals surface area contributed by atoms with Gasteiger partial charge in [0.05, 0.1) is 27.2 Å². The summed E-state index contributed by atoms with van der Waals surface area (Å²) in [5, 5.41) is 13.6. The van der Waals surface area contributed by atoms with Gasteiger partial charge in [-0.2, -0.15) is 18.4 Å². The van der Waals surface area contributed by atoms with E-state index < -0.39 is 22.8 Å². The average molecular weight is 480 g/mol. The molecule has 0 heterocycles. The molecule has 2 amide bonds. The van der Waals surface area contributed by atoms with Gasteiger partial charge < -0.3 is 15.4 Å². The number of alkyl halides is 3. The second-order valence-electron chi connectivity index (χ2n) is 6.61. The number of hydrogen-bond acceptors (Lipinski definition) is 3. The highest BCUT2D eigenvalue weighted by molar-refractivity contribution is 6.32. The Labute approximate surface area is 191 Å². The normalized spacial score (nSPS) is 10.9. The van der Waals surface area contributed by atoms with Crippen LogP contribution >= 0.6 is 23.2 Å². The highest BCUT2D eigenvalue weighted by atomic mass is 35.5. The van der Waals surface area contributed by atoms with Crippen LogP contribution < -0.4 is 15.4 Å². The van der Waals surface area contributed by atoms with Crippen molar-refractivity contribution in [3.63, 3.8) is 0 Å². The van der Waals surface area contributed by atoms with Crippen molar-refractivity contribution in [2.75, 3.05) is 10.6 Å². The summed E-state index contributed by atoms with van der Waals surface area (Å²) < 4.78 is 44.7. The number of rotatable bonds is 4. The molecule has 32 heavy (non-hydrogen) atoms. The number of carbonyl (C=O) groups is 1. The van der Waals surface area contributed by atoms with Gasteiger partial charge in [0.15, 0.2) is 0 Å². The monoisotopic (exact) mass is 479 g/mol. The van der Waals surface area contributed by atoms with Gasteiger partial charge in [0, 0.05) is 17.4 Å². The van der Waals surface area contributed by atoms with Gasteiger partial charge in [-0.1, -0.05) is 23.2 Å². The summed E-state index contributed by atoms with van der Waals surface area (Å²) >= 11 is 11.7. The first-order valence-electron chi connectivity index (χ1n) is 8.99. The molecule has 0 aliphatic carbocycles. The van der Waals surface area contributed by atoms with Gasteiger partial charge in [-0.05, 0) is 61.0 Å². The Morgan fingerprint density at radius 1 is 0.969 bits per heavy atom. The zero-order valence-corrected chi connectivity index (χ0v) is 17.9. The molecule has 0 aromatic heterocycles. The van der Waals surface area contributed by atoms with Crippen molar-refractivity contribution in [2.45, 2.75) is 13.1 Å². The van der Waals surface area contributed by atoms with Crippen LogP contribution in [0.5, 0.6) is 11.5 Å². The minimum Gasteiger partial charge on any atom is -0.456 e. The molecule has 0 aliphatic rings. The molecule has 3 rings (SSSR count). The zero-order chi connectivity index (χ0) is 23.5. The smallest absolute Gasteiger partial charge is 0.417 e. The van der Waals surface area contributed by atoms with Gasteiger partial charge in [0.1, 0.15) is 11.5 Å². The highest BCUT2D eigenvalue weighted by Crippen LogP contribution is 2.36. The molecule has 164 valence electrons. The standard InChI is InChI=1S/C22H14Cl2F3N3O2/c1-12-8-16(5-2-13(12)11-28)32-20-10-15(4-7-19(20)24)30-21(31)29-14-3-6-18(23)17(9-14)22(25,26)27/h2-10H,1H3,(H2,29,30,31). The van der Waals surface area contributed by atoms with E-state index >= 15 is 0 Å². The lowest BCUT2D eigenvalue weighted by Gasteiger charge is -2.13. The van der Waals surface area contributed by atoms with E-state index in [-0.39, 0.29) is 22.1 Å². The van der Waals surface area contributed by atoms with Gasteiger partial charge in [-0.3, -0.25) is 0 Å². The second kappa shape index (κ2) is 9.39. The number of ether oxygens (including phenoxy) is 1. The summed E-state index contributed by atoms with van der Waals surface area (Å²) in [6, 6.07) is 13.7. The van der Waals surface area contributed by atoms with Gasteiger partial charge in [0.25, 0.3) is 0 Å². The summed E-state index contributed by atoms with van der Waals surface area (Å²) in [5.74, 6) is 0.672. The third-order valence-electron chi connectivity index (χ3n) is 4.26. The Balaban J connectivity index is 1.74. The van der Waals surface area contributed by atoms with Crippen molar-refractivity contribution in [3.05, 3.63) is 81.3 Å². The largest absolute Gasteiger partial charge is 0.456 e.